The zero-order valence-electron chi connectivity index (χ0n) is 14.8. The quantitative estimate of drug-likeness (QED) is 0.548. The number of para-hydroxylation sites is 1. The number of hydrogen-bond donors (Lipinski definition) is 0. The van der Waals surface area contributed by atoms with E-state index in [1.54, 1.807) is 0 Å². The van der Waals surface area contributed by atoms with E-state index in [4.69, 9.17) is 14.2 Å². The lowest BCUT2D eigenvalue weighted by atomic mass is 10.1. The molecule has 1 heterocycles. The molecule has 1 aromatic rings. The van der Waals surface area contributed by atoms with Gasteiger partial charge < -0.3 is 14.2 Å². The standard InChI is InChI=1S/C20H32O3/c1-3-5-6-7-8-11-17-15-23-20(16-22-17)18-12-9-10-13-19(18)21-14-4-2/h9-10,12-13,17,20H,3-8,11,14-16H2,1-2H3/t17-,20-/m1/s1. The molecule has 0 aliphatic carbocycles. The summed E-state index contributed by atoms with van der Waals surface area (Å²) < 4.78 is 17.9. The van der Waals surface area contributed by atoms with Crippen molar-refractivity contribution in [3.8, 4) is 5.75 Å². The van der Waals surface area contributed by atoms with Crippen LogP contribution >= 0.6 is 0 Å². The van der Waals surface area contributed by atoms with Crippen molar-refractivity contribution in [2.75, 3.05) is 19.8 Å². The molecule has 1 saturated heterocycles. The van der Waals surface area contributed by atoms with Crippen molar-refractivity contribution in [3.05, 3.63) is 29.8 Å². The summed E-state index contributed by atoms with van der Waals surface area (Å²) >= 11 is 0. The first-order chi connectivity index (χ1) is 11.3. The fraction of sp³-hybridized carbons (Fsp3) is 0.700. The number of benzene rings is 1. The van der Waals surface area contributed by atoms with E-state index in [1.807, 2.05) is 18.2 Å². The Morgan fingerprint density at radius 2 is 1.78 bits per heavy atom. The molecule has 3 nitrogen and oxygen atoms in total. The highest BCUT2D eigenvalue weighted by atomic mass is 16.6. The highest BCUT2D eigenvalue weighted by molar-refractivity contribution is 5.35. The molecule has 0 N–H and O–H groups in total. The van der Waals surface area contributed by atoms with E-state index in [0.717, 1.165) is 30.8 Å². The van der Waals surface area contributed by atoms with Crippen LogP contribution in [-0.2, 0) is 9.47 Å². The maximum atomic E-state index is 6.07. The predicted octanol–water partition coefficient (Wildman–Crippen LogP) is 5.29. The van der Waals surface area contributed by atoms with Crippen LogP contribution in [0.15, 0.2) is 24.3 Å². The molecule has 1 aromatic carbocycles. The van der Waals surface area contributed by atoms with Crippen LogP contribution in [0.1, 0.15) is 70.5 Å². The van der Waals surface area contributed by atoms with E-state index in [9.17, 15) is 0 Å². The van der Waals surface area contributed by atoms with E-state index >= 15 is 0 Å². The van der Waals surface area contributed by atoms with Gasteiger partial charge in [0.2, 0.25) is 0 Å². The van der Waals surface area contributed by atoms with Gasteiger partial charge in [0.1, 0.15) is 11.9 Å². The number of ether oxygens (including phenoxy) is 3. The zero-order valence-corrected chi connectivity index (χ0v) is 14.8. The molecule has 0 unspecified atom stereocenters. The number of unbranched alkanes of at least 4 members (excludes halogenated alkanes) is 4. The Labute approximate surface area is 141 Å². The number of hydrogen-bond acceptors (Lipinski definition) is 3. The van der Waals surface area contributed by atoms with Gasteiger partial charge in [0, 0.05) is 5.56 Å². The third kappa shape index (κ3) is 6.15. The van der Waals surface area contributed by atoms with Crippen molar-refractivity contribution < 1.29 is 14.2 Å². The molecule has 2 atom stereocenters. The van der Waals surface area contributed by atoms with E-state index in [0.29, 0.717) is 13.2 Å². The number of rotatable bonds is 10. The molecule has 0 saturated carbocycles. The summed E-state index contributed by atoms with van der Waals surface area (Å²) in [5, 5.41) is 0. The van der Waals surface area contributed by atoms with Crippen molar-refractivity contribution >= 4 is 0 Å². The molecule has 0 radical (unpaired) electrons. The van der Waals surface area contributed by atoms with Gasteiger partial charge >= 0.3 is 0 Å². The summed E-state index contributed by atoms with van der Waals surface area (Å²) in [7, 11) is 0. The minimum Gasteiger partial charge on any atom is -0.493 e. The normalized spacial score (nSPS) is 21.3. The van der Waals surface area contributed by atoms with Crippen LogP contribution in [-0.4, -0.2) is 25.9 Å². The third-order valence-corrected chi connectivity index (χ3v) is 4.32. The molecular weight excluding hydrogens is 288 g/mol. The maximum absolute atomic E-state index is 6.07. The van der Waals surface area contributed by atoms with Crippen LogP contribution in [0.3, 0.4) is 0 Å². The van der Waals surface area contributed by atoms with Crippen LogP contribution < -0.4 is 4.74 Å². The van der Waals surface area contributed by atoms with Gasteiger partial charge in [-0.3, -0.25) is 0 Å². The smallest absolute Gasteiger partial charge is 0.125 e. The summed E-state index contributed by atoms with van der Waals surface area (Å²) in [6.45, 7) is 6.44. The lowest BCUT2D eigenvalue weighted by Crippen LogP contribution is -2.31. The van der Waals surface area contributed by atoms with Crippen LogP contribution in [0.25, 0.3) is 0 Å². The minimum atomic E-state index is -0.000558. The molecule has 2 rings (SSSR count). The van der Waals surface area contributed by atoms with Crippen molar-refractivity contribution in [1.82, 2.24) is 0 Å². The lowest BCUT2D eigenvalue weighted by molar-refractivity contribution is -0.138. The van der Waals surface area contributed by atoms with Gasteiger partial charge in [0.05, 0.1) is 25.9 Å². The van der Waals surface area contributed by atoms with Gasteiger partial charge in [-0.15, -0.1) is 0 Å². The van der Waals surface area contributed by atoms with E-state index in [1.165, 1.54) is 32.1 Å². The fourth-order valence-electron chi connectivity index (χ4n) is 2.95. The van der Waals surface area contributed by atoms with Gasteiger partial charge in [-0.05, 0) is 18.9 Å². The highest BCUT2D eigenvalue weighted by Gasteiger charge is 2.25. The Hall–Kier alpha value is -1.06. The van der Waals surface area contributed by atoms with Crippen molar-refractivity contribution in [1.29, 1.82) is 0 Å². The molecule has 0 aromatic heterocycles. The molecule has 3 heteroatoms. The Morgan fingerprint density at radius 3 is 2.52 bits per heavy atom. The highest BCUT2D eigenvalue weighted by Crippen LogP contribution is 2.31. The van der Waals surface area contributed by atoms with Crippen LogP contribution in [0.4, 0.5) is 0 Å². The third-order valence-electron chi connectivity index (χ3n) is 4.32. The molecule has 1 aliphatic rings. The molecule has 1 fully saturated rings. The van der Waals surface area contributed by atoms with Gasteiger partial charge in [-0.1, -0.05) is 64.2 Å². The van der Waals surface area contributed by atoms with E-state index in [2.05, 4.69) is 19.9 Å². The topological polar surface area (TPSA) is 27.7 Å². The monoisotopic (exact) mass is 320 g/mol. The Kier molecular flexibility index (Phi) is 8.48. The van der Waals surface area contributed by atoms with Crippen molar-refractivity contribution in [2.45, 2.75) is 71.0 Å². The van der Waals surface area contributed by atoms with E-state index < -0.39 is 0 Å². The van der Waals surface area contributed by atoms with Gasteiger partial charge in [-0.25, -0.2) is 0 Å². The molecule has 130 valence electrons. The largest absolute Gasteiger partial charge is 0.493 e. The predicted molar refractivity (Wildman–Crippen MR) is 94.0 cm³/mol. The summed E-state index contributed by atoms with van der Waals surface area (Å²) in [6, 6.07) is 8.16. The fourth-order valence-corrected chi connectivity index (χ4v) is 2.95. The summed E-state index contributed by atoms with van der Waals surface area (Å²) in [5.74, 6) is 0.931. The second-order valence-electron chi connectivity index (χ2n) is 6.37. The van der Waals surface area contributed by atoms with Gasteiger partial charge in [0.15, 0.2) is 0 Å². The summed E-state index contributed by atoms with van der Waals surface area (Å²) in [5.41, 5.74) is 1.11. The van der Waals surface area contributed by atoms with Crippen LogP contribution in [0, 0.1) is 0 Å². The first kappa shape index (κ1) is 18.3. The second-order valence-corrected chi connectivity index (χ2v) is 6.37. The Morgan fingerprint density at radius 1 is 0.957 bits per heavy atom. The van der Waals surface area contributed by atoms with Crippen LogP contribution in [0.5, 0.6) is 5.75 Å². The molecule has 0 amide bonds. The zero-order chi connectivity index (χ0) is 16.3. The summed E-state index contributed by atoms with van der Waals surface area (Å²) in [4.78, 5) is 0. The molecule has 0 spiro atoms. The van der Waals surface area contributed by atoms with Crippen molar-refractivity contribution in [3.63, 3.8) is 0 Å². The second kappa shape index (κ2) is 10.7. The molecule has 23 heavy (non-hydrogen) atoms. The average Bonchev–Trinajstić information content (AvgIpc) is 2.61. The maximum Gasteiger partial charge on any atom is 0.125 e. The molecule has 0 bridgehead atoms. The first-order valence-corrected chi connectivity index (χ1v) is 9.30. The minimum absolute atomic E-state index is 0.000558. The van der Waals surface area contributed by atoms with Crippen molar-refractivity contribution in [2.24, 2.45) is 0 Å². The Bertz CT molecular complexity index is 425. The average molecular weight is 320 g/mol. The summed E-state index contributed by atoms with van der Waals surface area (Å²) in [6.07, 6.45) is 8.93. The first-order valence-electron chi connectivity index (χ1n) is 9.30. The Balaban J connectivity index is 1.76. The van der Waals surface area contributed by atoms with Gasteiger partial charge in [0.25, 0.3) is 0 Å². The van der Waals surface area contributed by atoms with Crippen LogP contribution in [0.2, 0.25) is 0 Å². The SMILES string of the molecule is CCCCCCC[C@@H]1CO[C@@H](c2ccccc2OCCC)CO1. The lowest BCUT2D eigenvalue weighted by Gasteiger charge is -2.30. The van der Waals surface area contributed by atoms with E-state index in [-0.39, 0.29) is 12.2 Å². The molecule has 1 aliphatic heterocycles. The van der Waals surface area contributed by atoms with Gasteiger partial charge in [-0.2, -0.15) is 0 Å². The molecular formula is C20H32O3.